The molecule has 0 radical (unpaired) electrons. The van der Waals surface area contributed by atoms with Crippen LogP contribution in [0.1, 0.15) is 18.9 Å². The van der Waals surface area contributed by atoms with Crippen LogP contribution in [0.15, 0.2) is 23.9 Å². The summed E-state index contributed by atoms with van der Waals surface area (Å²) in [6, 6.07) is 5.64. The summed E-state index contributed by atoms with van der Waals surface area (Å²) >= 11 is 0. The van der Waals surface area contributed by atoms with Gasteiger partial charge in [-0.2, -0.15) is 0 Å². The average Bonchev–Trinajstić information content (AvgIpc) is 3.04. The van der Waals surface area contributed by atoms with Crippen molar-refractivity contribution in [2.24, 2.45) is 0 Å². The number of fused-ring (bicyclic) bond motifs is 1. The van der Waals surface area contributed by atoms with E-state index in [0.717, 1.165) is 24.3 Å². The second kappa shape index (κ2) is 5.65. The van der Waals surface area contributed by atoms with Gasteiger partial charge in [-0.1, -0.05) is 13.0 Å². The van der Waals surface area contributed by atoms with Gasteiger partial charge in [0.15, 0.2) is 17.8 Å². The van der Waals surface area contributed by atoms with Crippen LogP contribution in [0.4, 0.5) is 0 Å². The van der Waals surface area contributed by atoms with E-state index in [9.17, 15) is 4.79 Å². The second-order valence-electron chi connectivity index (χ2n) is 5.08. The molecule has 21 heavy (non-hydrogen) atoms. The highest BCUT2D eigenvalue weighted by atomic mass is 16.7. The fourth-order valence-corrected chi connectivity index (χ4v) is 2.39. The van der Waals surface area contributed by atoms with Crippen molar-refractivity contribution in [3.8, 4) is 11.5 Å². The normalized spacial score (nSPS) is 22.0. The molecule has 1 aromatic rings. The van der Waals surface area contributed by atoms with Gasteiger partial charge in [0.05, 0.1) is 0 Å². The highest BCUT2D eigenvalue weighted by molar-refractivity contribution is 5.99. The van der Waals surface area contributed by atoms with Crippen molar-refractivity contribution in [2.75, 3.05) is 20.4 Å². The summed E-state index contributed by atoms with van der Waals surface area (Å²) in [5.41, 5.74) is 1.54. The molecule has 2 aliphatic heterocycles. The summed E-state index contributed by atoms with van der Waals surface area (Å²) in [5, 5.41) is 6.19. The largest absolute Gasteiger partial charge is 0.454 e. The van der Waals surface area contributed by atoms with Crippen LogP contribution in [0.3, 0.4) is 0 Å². The van der Waals surface area contributed by atoms with Crippen LogP contribution in [0.2, 0.25) is 0 Å². The van der Waals surface area contributed by atoms with E-state index in [1.165, 1.54) is 0 Å². The molecule has 0 aromatic heterocycles. The zero-order chi connectivity index (χ0) is 14.8. The molecule has 2 aliphatic rings. The van der Waals surface area contributed by atoms with Gasteiger partial charge in [-0.05, 0) is 36.7 Å². The maximum absolute atomic E-state index is 12.1. The van der Waals surface area contributed by atoms with Gasteiger partial charge in [-0.25, -0.2) is 0 Å². The molecule has 1 saturated heterocycles. The number of benzene rings is 1. The molecule has 0 spiro atoms. The smallest absolute Gasteiger partial charge is 0.270 e. The van der Waals surface area contributed by atoms with E-state index < -0.39 is 0 Å². The number of nitrogens with one attached hydrogen (secondary N) is 2. The Hall–Kier alpha value is -2.21. The molecule has 6 heteroatoms. The maximum atomic E-state index is 12.1. The molecule has 6 nitrogen and oxygen atoms in total. The first-order valence-electron chi connectivity index (χ1n) is 7.07. The van der Waals surface area contributed by atoms with Crippen molar-refractivity contribution in [3.05, 3.63) is 29.5 Å². The summed E-state index contributed by atoms with van der Waals surface area (Å²) in [6.07, 6.45) is 2.71. The third-order valence-corrected chi connectivity index (χ3v) is 3.56. The van der Waals surface area contributed by atoms with Crippen molar-refractivity contribution in [3.63, 3.8) is 0 Å². The molecule has 1 amide bonds. The van der Waals surface area contributed by atoms with Gasteiger partial charge in [0.1, 0.15) is 5.70 Å². The van der Waals surface area contributed by atoms with Crippen molar-refractivity contribution >= 4 is 12.0 Å². The van der Waals surface area contributed by atoms with Crippen LogP contribution in [0.25, 0.3) is 6.08 Å². The predicted octanol–water partition coefficient (Wildman–Crippen LogP) is 1.10. The standard InChI is InChI=1S/C15H19N3O3/c1-3-6-16-15-17-14(19)11(18(15)2)7-10-4-5-12-13(8-10)21-9-20-12/h4-5,7-8,15-16H,3,6,9H2,1-2H3,(H,17,19)/b11-7-. The fourth-order valence-electron chi connectivity index (χ4n) is 2.39. The minimum atomic E-state index is -0.155. The van der Waals surface area contributed by atoms with Crippen molar-refractivity contribution < 1.29 is 14.3 Å². The van der Waals surface area contributed by atoms with Crippen LogP contribution in [-0.2, 0) is 4.79 Å². The van der Waals surface area contributed by atoms with E-state index in [1.807, 2.05) is 36.2 Å². The zero-order valence-corrected chi connectivity index (χ0v) is 12.2. The van der Waals surface area contributed by atoms with Gasteiger partial charge < -0.3 is 19.7 Å². The molecular weight excluding hydrogens is 270 g/mol. The van der Waals surface area contributed by atoms with Gasteiger partial charge in [0, 0.05) is 7.05 Å². The Bertz CT molecular complexity index is 586. The van der Waals surface area contributed by atoms with Gasteiger partial charge in [-0.3, -0.25) is 10.1 Å². The van der Waals surface area contributed by atoms with Gasteiger partial charge in [0.25, 0.3) is 5.91 Å². The molecule has 0 bridgehead atoms. The first-order valence-corrected chi connectivity index (χ1v) is 7.07. The number of carbonyl (C=O) groups excluding carboxylic acids is 1. The van der Waals surface area contributed by atoms with E-state index in [2.05, 4.69) is 17.6 Å². The molecule has 1 aromatic carbocycles. The SMILES string of the molecule is CCCNC1NC(=O)/C(=C/c2ccc3c(c2)OCO3)N1C. The van der Waals surface area contributed by atoms with E-state index in [4.69, 9.17) is 9.47 Å². The summed E-state index contributed by atoms with van der Waals surface area (Å²) in [7, 11) is 1.89. The third-order valence-electron chi connectivity index (χ3n) is 3.56. The summed E-state index contributed by atoms with van der Waals surface area (Å²) < 4.78 is 10.6. The Balaban J connectivity index is 1.80. The number of hydrogen-bond donors (Lipinski definition) is 2. The van der Waals surface area contributed by atoms with Crippen molar-refractivity contribution in [2.45, 2.75) is 19.6 Å². The second-order valence-corrected chi connectivity index (χ2v) is 5.08. The number of nitrogens with zero attached hydrogens (tertiary/aromatic N) is 1. The highest BCUT2D eigenvalue weighted by Gasteiger charge is 2.30. The first kappa shape index (κ1) is 13.8. The third kappa shape index (κ3) is 2.67. The monoisotopic (exact) mass is 289 g/mol. The number of carbonyl (C=O) groups is 1. The lowest BCUT2D eigenvalue weighted by Crippen LogP contribution is -2.46. The lowest BCUT2D eigenvalue weighted by atomic mass is 10.1. The van der Waals surface area contributed by atoms with Gasteiger partial charge >= 0.3 is 0 Å². The number of ether oxygens (including phenoxy) is 2. The van der Waals surface area contributed by atoms with Crippen LogP contribution < -0.4 is 20.1 Å². The molecular formula is C15H19N3O3. The molecule has 0 saturated carbocycles. The Morgan fingerprint density at radius 3 is 3.05 bits per heavy atom. The average molecular weight is 289 g/mol. The lowest BCUT2D eigenvalue weighted by molar-refractivity contribution is -0.116. The van der Waals surface area contributed by atoms with E-state index in [0.29, 0.717) is 11.4 Å². The quantitative estimate of drug-likeness (QED) is 0.813. The number of amides is 1. The minimum absolute atomic E-state index is 0.0798. The van der Waals surface area contributed by atoms with E-state index in [-0.39, 0.29) is 19.0 Å². The van der Waals surface area contributed by atoms with Crippen LogP contribution >= 0.6 is 0 Å². The number of rotatable bonds is 4. The Morgan fingerprint density at radius 2 is 2.24 bits per heavy atom. The Kier molecular flexibility index (Phi) is 3.70. The minimum Gasteiger partial charge on any atom is -0.454 e. The first-order chi connectivity index (χ1) is 10.2. The number of likely N-dealkylation sites (N-methyl/N-ethyl adjacent to an activating group) is 1. The lowest BCUT2D eigenvalue weighted by Gasteiger charge is -2.21. The fraction of sp³-hybridized carbons (Fsp3) is 0.400. The van der Waals surface area contributed by atoms with Gasteiger partial charge in [0.2, 0.25) is 6.79 Å². The molecule has 2 N–H and O–H groups in total. The molecule has 1 fully saturated rings. The van der Waals surface area contributed by atoms with Crippen LogP contribution in [0, 0.1) is 0 Å². The predicted molar refractivity (Wildman–Crippen MR) is 78.5 cm³/mol. The van der Waals surface area contributed by atoms with Crippen molar-refractivity contribution in [1.82, 2.24) is 15.5 Å². The zero-order valence-electron chi connectivity index (χ0n) is 12.2. The molecule has 1 unspecified atom stereocenters. The number of hydrogen-bond acceptors (Lipinski definition) is 5. The molecule has 1 atom stereocenters. The van der Waals surface area contributed by atoms with Gasteiger partial charge in [-0.15, -0.1) is 0 Å². The van der Waals surface area contributed by atoms with Crippen molar-refractivity contribution in [1.29, 1.82) is 0 Å². The molecule has 0 aliphatic carbocycles. The Morgan fingerprint density at radius 1 is 1.43 bits per heavy atom. The maximum Gasteiger partial charge on any atom is 0.270 e. The molecule has 112 valence electrons. The summed E-state index contributed by atoms with van der Waals surface area (Å²) in [6.45, 7) is 3.19. The Labute approximate surface area is 123 Å². The summed E-state index contributed by atoms with van der Waals surface area (Å²) in [4.78, 5) is 14.0. The molecule has 2 heterocycles. The highest BCUT2D eigenvalue weighted by Crippen LogP contribution is 2.33. The van der Waals surface area contributed by atoms with Crippen LogP contribution in [0.5, 0.6) is 11.5 Å². The van der Waals surface area contributed by atoms with E-state index in [1.54, 1.807) is 0 Å². The van der Waals surface area contributed by atoms with E-state index >= 15 is 0 Å². The topological polar surface area (TPSA) is 62.8 Å². The summed E-state index contributed by atoms with van der Waals surface area (Å²) in [5.74, 6) is 1.37. The molecule has 3 rings (SSSR count). The van der Waals surface area contributed by atoms with Crippen LogP contribution in [-0.4, -0.2) is 37.5 Å².